The SMILES string of the molecule is COc1cc(F)c(B(c2c(F)c(F)c(OC)c(F)c2F)c2c(F)c(F)c(OC)c(F)c2F)c(F)c1. The van der Waals surface area contributed by atoms with Crippen molar-refractivity contribution in [3.8, 4) is 17.2 Å². The first-order valence-electron chi connectivity index (χ1n) is 9.25. The topological polar surface area (TPSA) is 27.7 Å². The summed E-state index contributed by atoms with van der Waals surface area (Å²) in [5.41, 5.74) is -5.63. The molecular formula is C21H11BF10O3. The van der Waals surface area contributed by atoms with Gasteiger partial charge in [0, 0.05) is 28.5 Å². The molecule has 35 heavy (non-hydrogen) atoms. The molecule has 0 saturated carbocycles. The quantitative estimate of drug-likeness (QED) is 0.287. The molecule has 3 aromatic rings. The fourth-order valence-electron chi connectivity index (χ4n) is 3.51. The van der Waals surface area contributed by atoms with Crippen molar-refractivity contribution in [2.75, 3.05) is 21.3 Å². The van der Waals surface area contributed by atoms with Crippen LogP contribution in [0, 0.1) is 58.2 Å². The Morgan fingerprint density at radius 2 is 0.771 bits per heavy atom. The van der Waals surface area contributed by atoms with E-state index in [1.54, 1.807) is 0 Å². The minimum Gasteiger partial charge on any atom is -0.497 e. The molecule has 0 bridgehead atoms. The molecule has 3 aromatic carbocycles. The third kappa shape index (κ3) is 4.00. The van der Waals surface area contributed by atoms with E-state index in [1.807, 2.05) is 0 Å². The molecule has 0 unspecified atom stereocenters. The summed E-state index contributed by atoms with van der Waals surface area (Å²) in [6.45, 7) is -3.13. The fourth-order valence-corrected chi connectivity index (χ4v) is 3.51. The van der Waals surface area contributed by atoms with Gasteiger partial charge >= 0.3 is 0 Å². The Morgan fingerprint density at radius 1 is 0.457 bits per heavy atom. The summed E-state index contributed by atoms with van der Waals surface area (Å²) in [5, 5.41) is 0. The fraction of sp³-hybridized carbons (Fsp3) is 0.143. The van der Waals surface area contributed by atoms with Crippen LogP contribution in [0.15, 0.2) is 12.1 Å². The van der Waals surface area contributed by atoms with Gasteiger partial charge in [0.25, 0.3) is 6.71 Å². The Bertz CT molecular complexity index is 1180. The van der Waals surface area contributed by atoms with Crippen molar-refractivity contribution < 1.29 is 58.1 Å². The minimum absolute atomic E-state index is 0.392. The number of methoxy groups -OCH3 is 3. The Kier molecular flexibility index (Phi) is 7.13. The van der Waals surface area contributed by atoms with Gasteiger partial charge in [0.1, 0.15) is 17.4 Å². The predicted molar refractivity (Wildman–Crippen MR) is 103 cm³/mol. The molecule has 0 atom stereocenters. The van der Waals surface area contributed by atoms with Crippen LogP contribution in [-0.2, 0) is 0 Å². The first-order valence-corrected chi connectivity index (χ1v) is 9.25. The van der Waals surface area contributed by atoms with Gasteiger partial charge in [0.05, 0.1) is 21.3 Å². The van der Waals surface area contributed by atoms with Gasteiger partial charge in [-0.15, -0.1) is 0 Å². The average Bonchev–Trinajstić information content (AvgIpc) is 2.81. The molecule has 0 spiro atoms. The summed E-state index contributed by atoms with van der Waals surface area (Å²) in [4.78, 5) is 0. The lowest BCUT2D eigenvalue weighted by Crippen LogP contribution is -2.59. The molecule has 186 valence electrons. The predicted octanol–water partition coefficient (Wildman–Crippen LogP) is 3.62. The molecule has 0 saturated heterocycles. The number of hydrogen-bond donors (Lipinski definition) is 0. The van der Waals surface area contributed by atoms with Gasteiger partial charge in [-0.1, -0.05) is 0 Å². The first-order chi connectivity index (χ1) is 16.4. The van der Waals surface area contributed by atoms with Crippen LogP contribution >= 0.6 is 0 Å². The highest BCUT2D eigenvalue weighted by molar-refractivity contribution is 6.95. The summed E-state index contributed by atoms with van der Waals surface area (Å²) < 4.78 is 160. The van der Waals surface area contributed by atoms with Crippen molar-refractivity contribution >= 4 is 23.1 Å². The van der Waals surface area contributed by atoms with Crippen LogP contribution in [0.4, 0.5) is 43.9 Å². The Balaban J connectivity index is 2.59. The van der Waals surface area contributed by atoms with Crippen molar-refractivity contribution in [1.82, 2.24) is 0 Å². The highest BCUT2D eigenvalue weighted by Gasteiger charge is 2.43. The largest absolute Gasteiger partial charge is 0.497 e. The van der Waals surface area contributed by atoms with Crippen LogP contribution < -0.4 is 30.6 Å². The molecule has 3 rings (SSSR count). The zero-order valence-corrected chi connectivity index (χ0v) is 17.7. The van der Waals surface area contributed by atoms with Gasteiger partial charge in [-0.05, 0) is 0 Å². The van der Waals surface area contributed by atoms with Crippen molar-refractivity contribution in [2.24, 2.45) is 0 Å². The summed E-state index contributed by atoms with van der Waals surface area (Å²) in [6.07, 6.45) is 0. The summed E-state index contributed by atoms with van der Waals surface area (Å²) >= 11 is 0. The van der Waals surface area contributed by atoms with E-state index in [2.05, 4.69) is 14.2 Å². The smallest absolute Gasteiger partial charge is 0.264 e. The van der Waals surface area contributed by atoms with Gasteiger partial charge < -0.3 is 14.2 Å². The van der Waals surface area contributed by atoms with Crippen LogP contribution in [0.5, 0.6) is 17.2 Å². The van der Waals surface area contributed by atoms with Gasteiger partial charge in [-0.3, -0.25) is 0 Å². The normalized spacial score (nSPS) is 11.0. The third-order valence-electron chi connectivity index (χ3n) is 5.08. The van der Waals surface area contributed by atoms with E-state index in [-0.39, 0.29) is 0 Å². The molecule has 0 N–H and O–H groups in total. The molecule has 14 heteroatoms. The molecule has 0 aliphatic heterocycles. The van der Waals surface area contributed by atoms with Crippen LogP contribution in [0.25, 0.3) is 0 Å². The number of rotatable bonds is 6. The van der Waals surface area contributed by atoms with Crippen LogP contribution in [-0.4, -0.2) is 28.0 Å². The maximum absolute atomic E-state index is 14.9. The molecule has 3 nitrogen and oxygen atoms in total. The molecule has 0 amide bonds. The number of benzene rings is 3. The van der Waals surface area contributed by atoms with E-state index >= 15 is 0 Å². The molecule has 0 aliphatic carbocycles. The first kappa shape index (κ1) is 26.0. The zero-order valence-electron chi connectivity index (χ0n) is 17.7. The van der Waals surface area contributed by atoms with E-state index < -0.39 is 98.5 Å². The Hall–Kier alpha value is -3.58. The van der Waals surface area contributed by atoms with Crippen molar-refractivity contribution in [1.29, 1.82) is 0 Å². The van der Waals surface area contributed by atoms with E-state index in [9.17, 15) is 43.9 Å². The second kappa shape index (κ2) is 9.58. The third-order valence-corrected chi connectivity index (χ3v) is 5.08. The summed E-state index contributed by atoms with van der Waals surface area (Å²) in [5.74, 6) is -26.0. The Labute approximate surface area is 190 Å². The molecular weight excluding hydrogens is 501 g/mol. The maximum Gasteiger partial charge on any atom is 0.264 e. The van der Waals surface area contributed by atoms with Crippen LogP contribution in [0.2, 0.25) is 0 Å². The van der Waals surface area contributed by atoms with Gasteiger partial charge in [0.2, 0.25) is 23.3 Å². The highest BCUT2D eigenvalue weighted by atomic mass is 19.2. The maximum atomic E-state index is 14.9. The van der Waals surface area contributed by atoms with E-state index in [0.29, 0.717) is 26.4 Å². The Morgan fingerprint density at radius 3 is 1.03 bits per heavy atom. The minimum atomic E-state index is -3.13. The lowest BCUT2D eigenvalue weighted by atomic mass is 9.36. The van der Waals surface area contributed by atoms with E-state index in [4.69, 9.17) is 0 Å². The molecule has 0 aromatic heterocycles. The summed E-state index contributed by atoms with van der Waals surface area (Å²) in [6, 6.07) is 0.785. The highest BCUT2D eigenvalue weighted by Crippen LogP contribution is 2.29. The zero-order chi connectivity index (χ0) is 26.4. The lowest BCUT2D eigenvalue weighted by Gasteiger charge is -2.22. The van der Waals surface area contributed by atoms with Crippen LogP contribution in [0.3, 0.4) is 0 Å². The van der Waals surface area contributed by atoms with Crippen molar-refractivity contribution in [3.05, 3.63) is 70.3 Å². The standard InChI is InChI=1S/C21H11BF10O3/c1-33-6-4-7(23)9(8(24)5-6)22(10-12(25)16(29)20(34-2)17(30)13(10)26)11-14(27)18(31)21(35-3)19(32)15(11)28/h4-5H,1-3H3. The summed E-state index contributed by atoms with van der Waals surface area (Å²) in [7, 11) is 2.20. The molecule has 0 heterocycles. The van der Waals surface area contributed by atoms with Gasteiger partial charge in [-0.25, -0.2) is 26.3 Å². The number of hydrogen-bond acceptors (Lipinski definition) is 3. The van der Waals surface area contributed by atoms with Gasteiger partial charge in [0.15, 0.2) is 34.8 Å². The molecule has 0 fully saturated rings. The van der Waals surface area contributed by atoms with E-state index in [1.165, 1.54) is 0 Å². The monoisotopic (exact) mass is 512 g/mol. The van der Waals surface area contributed by atoms with Crippen molar-refractivity contribution in [3.63, 3.8) is 0 Å². The molecule has 0 aliphatic rings. The van der Waals surface area contributed by atoms with E-state index in [0.717, 1.165) is 7.11 Å². The van der Waals surface area contributed by atoms with Crippen molar-refractivity contribution in [2.45, 2.75) is 0 Å². The second-order valence-electron chi connectivity index (χ2n) is 6.84. The van der Waals surface area contributed by atoms with Gasteiger partial charge in [-0.2, -0.15) is 17.6 Å². The number of halogens is 10. The molecule has 0 radical (unpaired) electrons. The second-order valence-corrected chi connectivity index (χ2v) is 6.84. The lowest BCUT2D eigenvalue weighted by molar-refractivity contribution is 0.334. The van der Waals surface area contributed by atoms with Crippen LogP contribution in [0.1, 0.15) is 0 Å². The average molecular weight is 512 g/mol. The number of ether oxygens (including phenoxy) is 3.